The number of urea groups is 2. The van der Waals surface area contributed by atoms with Gasteiger partial charge in [-0.2, -0.15) is 0 Å². The van der Waals surface area contributed by atoms with E-state index in [1.54, 1.807) is 4.90 Å². The van der Waals surface area contributed by atoms with Crippen molar-refractivity contribution in [2.24, 2.45) is 0 Å². The van der Waals surface area contributed by atoms with Crippen LogP contribution in [0.15, 0.2) is 42.7 Å². The third kappa shape index (κ3) is 3.49. The molecule has 0 bridgehead atoms. The van der Waals surface area contributed by atoms with Crippen LogP contribution in [0.2, 0.25) is 10.0 Å². The number of aromatic nitrogens is 1. The summed E-state index contributed by atoms with van der Waals surface area (Å²) < 4.78 is 0. The highest BCUT2D eigenvalue weighted by atomic mass is 35.5. The fourth-order valence-corrected chi connectivity index (χ4v) is 4.81. The van der Waals surface area contributed by atoms with Crippen molar-refractivity contribution in [2.75, 3.05) is 25.0 Å². The Balaban J connectivity index is 1.28. The molecule has 2 aliphatic heterocycles. The molecule has 5 rings (SSSR count). The van der Waals surface area contributed by atoms with Crippen molar-refractivity contribution in [2.45, 2.75) is 24.4 Å². The highest BCUT2D eigenvalue weighted by molar-refractivity contribution is 6.39. The molecule has 5 amide bonds. The maximum absolute atomic E-state index is 13.1. The number of imide groups is 1. The first kappa shape index (κ1) is 20.1. The van der Waals surface area contributed by atoms with Gasteiger partial charge in [0.1, 0.15) is 6.04 Å². The Bertz CT molecular complexity index is 1050. The summed E-state index contributed by atoms with van der Waals surface area (Å²) in [5.74, 6) is -0.0725. The van der Waals surface area contributed by atoms with Crippen molar-refractivity contribution in [3.8, 4) is 0 Å². The lowest BCUT2D eigenvalue weighted by Gasteiger charge is -2.35. The van der Waals surface area contributed by atoms with Crippen molar-refractivity contribution >= 4 is 46.9 Å². The molecular weight excluding hydrogens is 441 g/mol. The van der Waals surface area contributed by atoms with Gasteiger partial charge in [-0.05, 0) is 12.0 Å². The smallest absolute Gasteiger partial charge is 0.320 e. The standard InChI is InChI=1S/C21H19Cl2N5O3/c22-14-9-24-10-15(23)18(14)25-20(30)26-6-7-27-17(11-26)19(29)28(21(27)31)16-8-13(16)12-4-2-1-3-5-12/h1-5,9-10,13,16-17H,6-8,11H2,(H,24,25,30). The number of pyridine rings is 1. The first-order valence-electron chi connectivity index (χ1n) is 9.99. The number of carbonyl (C=O) groups is 3. The van der Waals surface area contributed by atoms with Gasteiger partial charge >= 0.3 is 12.1 Å². The summed E-state index contributed by atoms with van der Waals surface area (Å²) >= 11 is 12.2. The van der Waals surface area contributed by atoms with Crippen LogP contribution in [0, 0.1) is 0 Å². The molecule has 3 atom stereocenters. The lowest BCUT2D eigenvalue weighted by molar-refractivity contribution is -0.129. The summed E-state index contributed by atoms with van der Waals surface area (Å²) in [4.78, 5) is 47.1. The van der Waals surface area contributed by atoms with Gasteiger partial charge in [0, 0.05) is 37.4 Å². The lowest BCUT2D eigenvalue weighted by atomic mass is 10.1. The van der Waals surface area contributed by atoms with Crippen LogP contribution < -0.4 is 5.32 Å². The minimum absolute atomic E-state index is 0.121. The van der Waals surface area contributed by atoms with Crippen LogP contribution in [0.3, 0.4) is 0 Å². The molecule has 1 aromatic carbocycles. The fourth-order valence-electron chi connectivity index (χ4n) is 4.35. The molecule has 3 fully saturated rings. The Morgan fingerprint density at radius 1 is 1.06 bits per heavy atom. The van der Waals surface area contributed by atoms with Gasteiger partial charge in [-0.15, -0.1) is 0 Å². The number of fused-ring (bicyclic) bond motifs is 1. The monoisotopic (exact) mass is 459 g/mol. The average molecular weight is 460 g/mol. The first-order chi connectivity index (χ1) is 15.0. The van der Waals surface area contributed by atoms with E-state index in [1.807, 2.05) is 30.3 Å². The number of piperazine rings is 1. The van der Waals surface area contributed by atoms with E-state index in [0.717, 1.165) is 12.0 Å². The van der Waals surface area contributed by atoms with Crippen molar-refractivity contribution in [3.05, 3.63) is 58.3 Å². The molecule has 1 saturated carbocycles. The van der Waals surface area contributed by atoms with Gasteiger partial charge in [0.25, 0.3) is 5.91 Å². The second kappa shape index (κ2) is 7.69. The Morgan fingerprint density at radius 2 is 1.77 bits per heavy atom. The van der Waals surface area contributed by atoms with E-state index in [4.69, 9.17) is 23.2 Å². The minimum atomic E-state index is -0.674. The zero-order chi connectivity index (χ0) is 21.7. The van der Waals surface area contributed by atoms with Crippen LogP contribution in [0.1, 0.15) is 17.9 Å². The summed E-state index contributed by atoms with van der Waals surface area (Å²) in [5.41, 5.74) is 1.40. The highest BCUT2D eigenvalue weighted by Gasteiger charge is 2.56. The molecule has 3 unspecified atom stereocenters. The first-order valence-corrected chi connectivity index (χ1v) is 10.7. The number of rotatable bonds is 3. The highest BCUT2D eigenvalue weighted by Crippen LogP contribution is 2.46. The number of halogens is 2. The van der Waals surface area contributed by atoms with Gasteiger partial charge in [0.2, 0.25) is 0 Å². The van der Waals surface area contributed by atoms with Crippen molar-refractivity contribution in [3.63, 3.8) is 0 Å². The molecule has 2 aromatic rings. The number of benzene rings is 1. The predicted molar refractivity (Wildman–Crippen MR) is 115 cm³/mol. The van der Waals surface area contributed by atoms with Crippen molar-refractivity contribution in [1.82, 2.24) is 19.7 Å². The summed E-state index contributed by atoms with van der Waals surface area (Å²) in [6.45, 7) is 0.720. The fraction of sp³-hybridized carbons (Fsp3) is 0.333. The quantitative estimate of drug-likeness (QED) is 0.712. The summed E-state index contributed by atoms with van der Waals surface area (Å²) in [6.07, 6.45) is 3.54. The summed E-state index contributed by atoms with van der Waals surface area (Å²) in [7, 11) is 0. The molecule has 3 aliphatic rings. The molecule has 3 heterocycles. The normalized spacial score (nSPS) is 25.0. The topological polar surface area (TPSA) is 85.8 Å². The number of amides is 5. The van der Waals surface area contributed by atoms with Crippen LogP contribution >= 0.6 is 23.2 Å². The largest absolute Gasteiger partial charge is 0.327 e. The van der Waals surface area contributed by atoms with Gasteiger partial charge in [0.15, 0.2) is 0 Å². The van der Waals surface area contributed by atoms with E-state index in [0.29, 0.717) is 13.1 Å². The molecule has 0 radical (unpaired) electrons. The van der Waals surface area contributed by atoms with E-state index in [9.17, 15) is 14.4 Å². The Kier molecular flexibility index (Phi) is 4.98. The van der Waals surface area contributed by atoms with E-state index in [-0.39, 0.29) is 46.2 Å². The van der Waals surface area contributed by atoms with Crippen LogP contribution in [0.4, 0.5) is 15.3 Å². The minimum Gasteiger partial charge on any atom is -0.320 e. The zero-order valence-corrected chi connectivity index (χ0v) is 17.9. The van der Waals surface area contributed by atoms with Crippen molar-refractivity contribution < 1.29 is 14.4 Å². The van der Waals surface area contributed by atoms with Gasteiger partial charge in [0.05, 0.1) is 22.3 Å². The van der Waals surface area contributed by atoms with E-state index < -0.39 is 12.1 Å². The number of hydrogen-bond donors (Lipinski definition) is 1. The van der Waals surface area contributed by atoms with Crippen molar-refractivity contribution in [1.29, 1.82) is 0 Å². The second-order valence-corrected chi connectivity index (χ2v) is 8.69. The molecule has 0 spiro atoms. The van der Waals surface area contributed by atoms with Crippen LogP contribution in [0.5, 0.6) is 0 Å². The zero-order valence-electron chi connectivity index (χ0n) is 16.4. The summed E-state index contributed by atoms with van der Waals surface area (Å²) in [6, 6.07) is 8.41. The van der Waals surface area contributed by atoms with Gasteiger partial charge in [-0.25, -0.2) is 9.59 Å². The Hall–Kier alpha value is -2.84. The number of nitrogens with zero attached hydrogens (tertiary/aromatic N) is 4. The number of anilines is 1. The molecular formula is C21H19Cl2N5O3. The van der Waals surface area contributed by atoms with E-state index >= 15 is 0 Å². The molecule has 1 N–H and O–H groups in total. The third-order valence-electron chi connectivity index (χ3n) is 6.04. The summed E-state index contributed by atoms with van der Waals surface area (Å²) in [5, 5.41) is 3.13. The van der Waals surface area contributed by atoms with Crippen LogP contribution in [-0.2, 0) is 4.79 Å². The molecule has 31 heavy (non-hydrogen) atoms. The molecule has 1 aromatic heterocycles. The van der Waals surface area contributed by atoms with Gasteiger partial charge in [-0.3, -0.25) is 14.7 Å². The third-order valence-corrected chi connectivity index (χ3v) is 6.62. The maximum atomic E-state index is 13.1. The van der Waals surface area contributed by atoms with Gasteiger partial charge < -0.3 is 15.1 Å². The molecule has 1 aliphatic carbocycles. The Morgan fingerprint density at radius 3 is 2.48 bits per heavy atom. The SMILES string of the molecule is O=C(Nc1c(Cl)cncc1Cl)N1CCN2C(=O)N(C3CC3c3ccccc3)C(=O)C2C1. The van der Waals surface area contributed by atoms with E-state index in [2.05, 4.69) is 10.3 Å². The predicted octanol–water partition coefficient (Wildman–Crippen LogP) is 3.42. The second-order valence-electron chi connectivity index (χ2n) is 7.87. The van der Waals surface area contributed by atoms with E-state index in [1.165, 1.54) is 22.2 Å². The lowest BCUT2D eigenvalue weighted by Crippen LogP contribution is -2.55. The van der Waals surface area contributed by atoms with Gasteiger partial charge in [-0.1, -0.05) is 53.5 Å². The number of hydrogen-bond acceptors (Lipinski definition) is 4. The molecule has 160 valence electrons. The maximum Gasteiger partial charge on any atom is 0.327 e. The molecule has 2 saturated heterocycles. The average Bonchev–Trinajstić information content (AvgIpc) is 3.52. The van der Waals surface area contributed by atoms with Crippen LogP contribution in [-0.4, -0.2) is 69.4 Å². The number of nitrogens with one attached hydrogen (secondary N) is 1. The molecule has 10 heteroatoms. The molecule has 8 nitrogen and oxygen atoms in total. The van der Waals surface area contributed by atoms with Crippen LogP contribution in [0.25, 0.3) is 0 Å². The Labute approximate surface area is 188 Å². The number of carbonyl (C=O) groups excluding carboxylic acids is 3.